The Morgan fingerprint density at radius 1 is 1.60 bits per heavy atom. The molecule has 0 unspecified atom stereocenters. The Kier molecular flexibility index (Phi) is 3.79. The highest BCUT2D eigenvalue weighted by molar-refractivity contribution is 8.02. The molecule has 56 valence electrons. The van der Waals surface area contributed by atoms with Gasteiger partial charge in [0.25, 0.3) is 0 Å². The molecule has 10 heavy (non-hydrogen) atoms. The van der Waals surface area contributed by atoms with E-state index >= 15 is 0 Å². The van der Waals surface area contributed by atoms with Gasteiger partial charge in [0, 0.05) is 0 Å². The van der Waals surface area contributed by atoms with Gasteiger partial charge in [-0.3, -0.25) is 4.79 Å². The van der Waals surface area contributed by atoms with Crippen LogP contribution in [-0.4, -0.2) is 23.6 Å². The molecule has 0 amide bonds. The van der Waals surface area contributed by atoms with Crippen molar-refractivity contribution < 1.29 is 14.7 Å². The zero-order valence-corrected chi connectivity index (χ0v) is 6.57. The van der Waals surface area contributed by atoms with E-state index in [1.54, 1.807) is 13.2 Å². The van der Waals surface area contributed by atoms with E-state index in [0.29, 0.717) is 11.2 Å². The first-order valence-electron chi connectivity index (χ1n) is 2.56. The molecule has 1 N–H and O–H groups in total. The van der Waals surface area contributed by atoms with E-state index < -0.39 is 5.97 Å². The molecule has 0 bridgehead atoms. The maximum Gasteiger partial charge on any atom is 0.339 e. The van der Waals surface area contributed by atoms with E-state index in [1.807, 2.05) is 0 Å². The van der Waals surface area contributed by atoms with Crippen LogP contribution in [0.15, 0.2) is 10.5 Å². The van der Waals surface area contributed by atoms with Crippen molar-refractivity contribution in [3.05, 3.63) is 10.5 Å². The molecule has 4 heteroatoms. The van der Waals surface area contributed by atoms with Crippen LogP contribution in [0.3, 0.4) is 0 Å². The molecular formula is C6H8O3S. The number of aliphatic carboxylic acids is 1. The number of allylic oxidation sites excluding steroid dienone is 1. The fourth-order valence-electron chi connectivity index (χ4n) is 0.394. The summed E-state index contributed by atoms with van der Waals surface area (Å²) in [5.41, 5.74) is -0.160. The standard InChI is InChI=1S/C6H8O3S/c1-4(10-2)5(3-7)6(8)9/h3H,1-2H3,(H,8,9)/b5-4-. The molecule has 0 aliphatic carbocycles. The number of aldehydes is 1. The van der Waals surface area contributed by atoms with Crippen molar-refractivity contribution in [2.75, 3.05) is 6.26 Å². The largest absolute Gasteiger partial charge is 0.478 e. The lowest BCUT2D eigenvalue weighted by atomic mass is 10.3. The summed E-state index contributed by atoms with van der Waals surface area (Å²) in [4.78, 5) is 20.9. The molecule has 0 aromatic heterocycles. The maximum atomic E-state index is 10.2. The van der Waals surface area contributed by atoms with Crippen LogP contribution in [0.1, 0.15) is 6.92 Å². The van der Waals surface area contributed by atoms with Crippen LogP contribution < -0.4 is 0 Å². The second-order valence-corrected chi connectivity index (χ2v) is 2.62. The van der Waals surface area contributed by atoms with Gasteiger partial charge < -0.3 is 5.11 Å². The minimum atomic E-state index is -1.16. The number of carboxylic acids is 1. The molecule has 0 rings (SSSR count). The molecule has 0 aliphatic rings. The summed E-state index contributed by atoms with van der Waals surface area (Å²) >= 11 is 1.25. The van der Waals surface area contributed by atoms with Gasteiger partial charge in [-0.25, -0.2) is 4.79 Å². The summed E-state index contributed by atoms with van der Waals surface area (Å²) in [7, 11) is 0. The Morgan fingerprint density at radius 3 is 2.20 bits per heavy atom. The minimum Gasteiger partial charge on any atom is -0.478 e. The number of hydrogen-bond acceptors (Lipinski definition) is 3. The third-order valence-corrected chi connectivity index (χ3v) is 1.87. The zero-order valence-electron chi connectivity index (χ0n) is 5.75. The van der Waals surface area contributed by atoms with Crippen LogP contribution >= 0.6 is 11.8 Å². The van der Waals surface area contributed by atoms with E-state index in [4.69, 9.17) is 5.11 Å². The Balaban J connectivity index is 4.62. The molecule has 0 radical (unpaired) electrons. The van der Waals surface area contributed by atoms with Gasteiger partial charge in [-0.05, 0) is 18.1 Å². The van der Waals surface area contributed by atoms with E-state index in [2.05, 4.69) is 0 Å². The highest BCUT2D eigenvalue weighted by Gasteiger charge is 2.08. The molecule has 0 fully saturated rings. The monoisotopic (exact) mass is 160 g/mol. The quantitative estimate of drug-likeness (QED) is 0.288. The topological polar surface area (TPSA) is 54.4 Å². The van der Waals surface area contributed by atoms with Crippen molar-refractivity contribution >= 4 is 24.0 Å². The number of rotatable bonds is 3. The molecule has 0 aromatic rings. The molecule has 0 spiro atoms. The van der Waals surface area contributed by atoms with Gasteiger partial charge in [0.15, 0.2) is 6.29 Å². The Hall–Kier alpha value is -0.770. The fourth-order valence-corrected chi connectivity index (χ4v) is 0.749. The fraction of sp³-hybridized carbons (Fsp3) is 0.333. The normalized spacial score (nSPS) is 12.2. The Morgan fingerprint density at radius 2 is 2.10 bits per heavy atom. The van der Waals surface area contributed by atoms with Gasteiger partial charge >= 0.3 is 5.97 Å². The van der Waals surface area contributed by atoms with Gasteiger partial charge in [0.05, 0.1) is 0 Å². The van der Waals surface area contributed by atoms with E-state index in [0.717, 1.165) is 0 Å². The summed E-state index contributed by atoms with van der Waals surface area (Å²) in [6.45, 7) is 1.60. The number of carboxylic acid groups (broad SMARTS) is 1. The van der Waals surface area contributed by atoms with Crippen molar-refractivity contribution in [3.8, 4) is 0 Å². The lowest BCUT2D eigenvalue weighted by molar-refractivity contribution is -0.133. The molecule has 0 aromatic carbocycles. The van der Waals surface area contributed by atoms with Crippen molar-refractivity contribution in [2.45, 2.75) is 6.92 Å². The third-order valence-electron chi connectivity index (χ3n) is 1.03. The summed E-state index contributed by atoms with van der Waals surface area (Å²) in [5, 5.41) is 8.37. The highest BCUT2D eigenvalue weighted by Crippen LogP contribution is 2.13. The number of carbonyl (C=O) groups excluding carboxylic acids is 1. The molecule has 0 saturated heterocycles. The Labute approximate surface area is 63.1 Å². The van der Waals surface area contributed by atoms with Crippen molar-refractivity contribution in [1.82, 2.24) is 0 Å². The van der Waals surface area contributed by atoms with Gasteiger partial charge in [0.2, 0.25) is 0 Å². The third kappa shape index (κ3) is 2.23. The lowest BCUT2D eigenvalue weighted by Gasteiger charge is -1.95. The highest BCUT2D eigenvalue weighted by atomic mass is 32.2. The summed E-state index contributed by atoms with van der Waals surface area (Å²) in [5.74, 6) is -1.16. The summed E-state index contributed by atoms with van der Waals surface area (Å²) < 4.78 is 0. The number of thioether (sulfide) groups is 1. The van der Waals surface area contributed by atoms with Gasteiger partial charge in [-0.15, -0.1) is 11.8 Å². The predicted molar refractivity (Wildman–Crippen MR) is 39.9 cm³/mol. The van der Waals surface area contributed by atoms with Gasteiger partial charge in [-0.2, -0.15) is 0 Å². The summed E-state index contributed by atoms with van der Waals surface area (Å²) in [6.07, 6.45) is 2.08. The van der Waals surface area contributed by atoms with Crippen LogP contribution in [0.25, 0.3) is 0 Å². The van der Waals surface area contributed by atoms with Crippen molar-refractivity contribution in [1.29, 1.82) is 0 Å². The van der Waals surface area contributed by atoms with Crippen LogP contribution in [-0.2, 0) is 9.59 Å². The van der Waals surface area contributed by atoms with Crippen LogP contribution in [0, 0.1) is 0 Å². The van der Waals surface area contributed by atoms with Crippen molar-refractivity contribution in [2.24, 2.45) is 0 Å². The average molecular weight is 160 g/mol. The molecule has 0 aliphatic heterocycles. The number of hydrogen-bond donors (Lipinski definition) is 1. The van der Waals surface area contributed by atoms with Crippen LogP contribution in [0.5, 0.6) is 0 Å². The first-order valence-corrected chi connectivity index (χ1v) is 3.79. The second kappa shape index (κ2) is 4.11. The average Bonchev–Trinajstić information content (AvgIpc) is 1.88. The summed E-state index contributed by atoms with van der Waals surface area (Å²) in [6, 6.07) is 0. The molecular weight excluding hydrogens is 152 g/mol. The number of carbonyl (C=O) groups is 2. The van der Waals surface area contributed by atoms with Crippen LogP contribution in [0.2, 0.25) is 0 Å². The van der Waals surface area contributed by atoms with Crippen LogP contribution in [0.4, 0.5) is 0 Å². The van der Waals surface area contributed by atoms with Gasteiger partial charge in [-0.1, -0.05) is 0 Å². The van der Waals surface area contributed by atoms with E-state index in [-0.39, 0.29) is 5.57 Å². The SMILES string of the molecule is CS/C(C)=C(/C=O)C(=O)O. The Bertz CT molecular complexity index is 183. The smallest absolute Gasteiger partial charge is 0.339 e. The van der Waals surface area contributed by atoms with Crippen molar-refractivity contribution in [3.63, 3.8) is 0 Å². The first kappa shape index (κ1) is 9.23. The molecule has 0 saturated carbocycles. The lowest BCUT2D eigenvalue weighted by Crippen LogP contribution is -2.02. The zero-order chi connectivity index (χ0) is 8.15. The molecule has 0 atom stereocenters. The minimum absolute atomic E-state index is 0.160. The first-order chi connectivity index (χ1) is 4.63. The molecule has 3 nitrogen and oxygen atoms in total. The molecule has 0 heterocycles. The predicted octanol–water partition coefficient (Wildman–Crippen LogP) is 0.907. The second-order valence-electron chi connectivity index (χ2n) is 1.60. The van der Waals surface area contributed by atoms with Gasteiger partial charge in [0.1, 0.15) is 5.57 Å². The van der Waals surface area contributed by atoms with E-state index in [1.165, 1.54) is 11.8 Å². The maximum absolute atomic E-state index is 10.2. The van der Waals surface area contributed by atoms with E-state index in [9.17, 15) is 9.59 Å².